The molecule has 1 saturated carbocycles. The first-order valence-electron chi connectivity index (χ1n) is 10.5. The number of rotatable bonds is 8. The van der Waals surface area contributed by atoms with Gasteiger partial charge in [0.1, 0.15) is 15.4 Å². The van der Waals surface area contributed by atoms with Crippen molar-refractivity contribution in [2.24, 2.45) is 17.0 Å². The number of carbonyl (C=O) groups is 5. The summed E-state index contributed by atoms with van der Waals surface area (Å²) in [6.07, 6.45) is -0.569. The van der Waals surface area contributed by atoms with E-state index in [0.717, 1.165) is 16.2 Å². The number of esters is 1. The second kappa shape index (κ2) is 8.21. The van der Waals surface area contributed by atoms with Crippen molar-refractivity contribution >= 4 is 74.2 Å². The number of ether oxygens (including phenoxy) is 1. The second-order valence-electron chi connectivity index (χ2n) is 8.76. The van der Waals surface area contributed by atoms with Crippen LogP contribution in [-0.2, 0) is 44.3 Å². The number of nitrogen functional groups attached to an aromatic ring is 1. The highest BCUT2D eigenvalue weighted by Gasteiger charge is 2.73. The highest BCUT2D eigenvalue weighted by atomic mass is 35.5. The van der Waals surface area contributed by atoms with Crippen LogP contribution in [-0.4, -0.2) is 82.1 Å². The van der Waals surface area contributed by atoms with E-state index in [1.807, 2.05) is 0 Å². The van der Waals surface area contributed by atoms with Crippen molar-refractivity contribution in [1.82, 2.24) is 9.88 Å². The fourth-order valence-corrected chi connectivity index (χ4v) is 7.56. The van der Waals surface area contributed by atoms with Crippen molar-refractivity contribution in [1.29, 1.82) is 0 Å². The number of amides is 1. The molecule has 0 radical (unpaired) electrons. The molecule has 4 heterocycles. The maximum absolute atomic E-state index is 13.3. The predicted molar refractivity (Wildman–Crippen MR) is 120 cm³/mol. The summed E-state index contributed by atoms with van der Waals surface area (Å²) in [5.74, 6) is -7.77. The van der Waals surface area contributed by atoms with Crippen molar-refractivity contribution in [3.8, 4) is 0 Å². The Morgan fingerprint density at radius 3 is 2.56 bits per heavy atom. The Balaban J connectivity index is 1.43. The zero-order valence-corrected chi connectivity index (χ0v) is 20.4. The highest BCUT2D eigenvalue weighted by molar-refractivity contribution is 7.85. The molecule has 0 unspecified atom stereocenters. The Kier molecular flexibility index (Phi) is 5.60. The van der Waals surface area contributed by atoms with E-state index in [1.165, 1.54) is 0 Å². The normalized spacial score (nSPS) is 32.1. The number of aliphatic carboxylic acids is 2. The molecule has 192 valence electrons. The van der Waals surface area contributed by atoms with Crippen molar-refractivity contribution in [3.63, 3.8) is 0 Å². The van der Waals surface area contributed by atoms with Crippen LogP contribution in [0, 0.1) is 11.8 Å². The molecular weight excluding hydrogens is 544 g/mol. The monoisotopic (exact) mass is 560 g/mol. The first kappa shape index (κ1) is 24.6. The zero-order chi connectivity index (χ0) is 26.2. The van der Waals surface area contributed by atoms with E-state index < -0.39 is 81.1 Å². The summed E-state index contributed by atoms with van der Waals surface area (Å²) in [5, 5.41) is 21.7. The number of nitrogens with two attached hydrogens (primary N) is 1. The van der Waals surface area contributed by atoms with Crippen LogP contribution < -0.4 is 5.73 Å². The van der Waals surface area contributed by atoms with Gasteiger partial charge in [-0.15, -0.1) is 0 Å². The SMILES string of the molecule is Nc1nc(/C(=N/OC2(C(=O)O)CC2)C(=O)C[C@@H]2C(=O)N3[C@@H]2[S@@](=O)C[C@@H]2CC(=O)O[C@@]23C(=O)O)c(Cl)s1. The minimum atomic E-state index is -2.28. The molecular formula is C19H17ClN4O10S2. The summed E-state index contributed by atoms with van der Waals surface area (Å²) in [6.45, 7) is 0. The van der Waals surface area contributed by atoms with E-state index in [4.69, 9.17) is 26.9 Å². The lowest BCUT2D eigenvalue weighted by molar-refractivity contribution is -0.220. The number of nitrogens with zero attached hydrogens (tertiary/aromatic N) is 3. The molecule has 5 rings (SSSR count). The number of fused-ring (bicyclic) bond motifs is 3. The van der Waals surface area contributed by atoms with Gasteiger partial charge in [0.2, 0.25) is 11.5 Å². The minimum absolute atomic E-state index is 0.00774. The lowest BCUT2D eigenvalue weighted by Gasteiger charge is -2.56. The minimum Gasteiger partial charge on any atom is -0.478 e. The molecule has 4 N–H and O–H groups in total. The van der Waals surface area contributed by atoms with Crippen molar-refractivity contribution < 1.29 is 48.0 Å². The Labute approximate surface area is 212 Å². The second-order valence-corrected chi connectivity index (χ2v) is 12.0. The topological polar surface area (TPSA) is 216 Å². The van der Waals surface area contributed by atoms with Crippen molar-refractivity contribution in [2.45, 2.75) is 42.4 Å². The van der Waals surface area contributed by atoms with Crippen LogP contribution in [0.25, 0.3) is 0 Å². The number of carboxylic acid groups (broad SMARTS) is 2. The highest BCUT2D eigenvalue weighted by Crippen LogP contribution is 2.50. The zero-order valence-electron chi connectivity index (χ0n) is 18.0. The van der Waals surface area contributed by atoms with Gasteiger partial charge in [0.15, 0.2) is 16.6 Å². The number of anilines is 1. The first-order valence-corrected chi connectivity index (χ1v) is 13.1. The van der Waals surface area contributed by atoms with Crippen LogP contribution in [0.15, 0.2) is 5.16 Å². The standard InChI is InChI=1S/C19H17ClN4O10S2/c20-12-11(22-17(21)35-12)10(23-34-18(1-2-18)15(28)29)8(25)4-7-13(27)24-14(7)36(32)5-6-3-9(26)33-19(6,24)16(30)31/h6-7,14H,1-5H2,(H2,21,22)(H,28,29)(H,30,31)/b23-10+/t6-,7+,14+,19+,36-/m0/s1. The van der Waals surface area contributed by atoms with Crippen LogP contribution in [0.1, 0.15) is 31.4 Å². The number of aromatic nitrogens is 1. The van der Waals surface area contributed by atoms with Gasteiger partial charge in [-0.3, -0.25) is 23.5 Å². The third kappa shape index (κ3) is 3.49. The molecule has 4 fully saturated rings. The van der Waals surface area contributed by atoms with Gasteiger partial charge in [0.25, 0.3) is 5.72 Å². The van der Waals surface area contributed by atoms with Gasteiger partial charge in [-0.05, 0) is 0 Å². The summed E-state index contributed by atoms with van der Waals surface area (Å²) >= 11 is 6.95. The first-order chi connectivity index (χ1) is 16.9. The van der Waals surface area contributed by atoms with Gasteiger partial charge in [-0.2, -0.15) is 0 Å². The third-order valence-electron chi connectivity index (χ3n) is 6.59. The summed E-state index contributed by atoms with van der Waals surface area (Å²) in [5.41, 5.74) is 1.12. The number of carboxylic acids is 2. The molecule has 1 aliphatic carbocycles. The van der Waals surface area contributed by atoms with Gasteiger partial charge >= 0.3 is 17.9 Å². The van der Waals surface area contributed by atoms with Crippen LogP contribution in [0.3, 0.4) is 0 Å². The van der Waals surface area contributed by atoms with Crippen LogP contribution >= 0.6 is 22.9 Å². The molecule has 5 atom stereocenters. The van der Waals surface area contributed by atoms with Gasteiger partial charge < -0.3 is 25.5 Å². The Morgan fingerprint density at radius 2 is 2.00 bits per heavy atom. The number of halogens is 1. The average Bonchev–Trinajstić information content (AvgIpc) is 3.41. The van der Waals surface area contributed by atoms with Crippen molar-refractivity contribution in [2.75, 3.05) is 11.5 Å². The number of carbonyl (C=O) groups excluding carboxylic acids is 3. The van der Waals surface area contributed by atoms with E-state index >= 15 is 0 Å². The van der Waals surface area contributed by atoms with E-state index in [0.29, 0.717) is 0 Å². The lowest BCUT2D eigenvalue weighted by Crippen LogP contribution is -2.78. The Hall–Kier alpha value is -3.11. The van der Waals surface area contributed by atoms with Gasteiger partial charge in [-0.1, -0.05) is 28.1 Å². The Morgan fingerprint density at radius 1 is 1.31 bits per heavy atom. The number of hydrogen-bond donors (Lipinski definition) is 3. The van der Waals surface area contributed by atoms with Crippen molar-refractivity contribution in [3.05, 3.63) is 10.0 Å². The summed E-state index contributed by atoms with van der Waals surface area (Å²) in [6, 6.07) is 0. The molecule has 0 aromatic carbocycles. The summed E-state index contributed by atoms with van der Waals surface area (Å²) in [7, 11) is -1.79. The molecule has 14 nitrogen and oxygen atoms in total. The average molecular weight is 561 g/mol. The van der Waals surface area contributed by atoms with Crippen LogP contribution in [0.5, 0.6) is 0 Å². The molecule has 1 amide bonds. The summed E-state index contributed by atoms with van der Waals surface area (Å²) in [4.78, 5) is 71.6. The smallest absolute Gasteiger partial charge is 0.370 e. The molecule has 1 aromatic rings. The number of ketones is 1. The number of thiazole rings is 1. The maximum atomic E-state index is 13.3. The van der Waals surface area contributed by atoms with E-state index in [2.05, 4.69) is 10.1 Å². The fraction of sp³-hybridized carbons (Fsp3) is 0.526. The Bertz CT molecular complexity index is 1290. The van der Waals surface area contributed by atoms with E-state index in [9.17, 15) is 38.4 Å². The molecule has 36 heavy (non-hydrogen) atoms. The van der Waals surface area contributed by atoms with E-state index in [1.54, 1.807) is 0 Å². The molecule has 4 aliphatic rings. The number of hydrogen-bond acceptors (Lipinski definition) is 12. The molecule has 0 bridgehead atoms. The van der Waals surface area contributed by atoms with Crippen LogP contribution in [0.4, 0.5) is 5.13 Å². The molecule has 1 aromatic heterocycles. The molecule has 3 saturated heterocycles. The van der Waals surface area contributed by atoms with Gasteiger partial charge in [0, 0.05) is 35.8 Å². The number of Topliss-reactive ketones (excluding diaryl/α,β-unsaturated/α-hetero) is 1. The number of oxime groups is 1. The summed E-state index contributed by atoms with van der Waals surface area (Å²) < 4.78 is 18.0. The molecule has 17 heteroatoms. The van der Waals surface area contributed by atoms with E-state index in [-0.39, 0.29) is 40.2 Å². The van der Waals surface area contributed by atoms with Crippen LogP contribution in [0.2, 0.25) is 4.34 Å². The van der Waals surface area contributed by atoms with Gasteiger partial charge in [-0.25, -0.2) is 14.6 Å². The third-order valence-corrected chi connectivity index (χ3v) is 9.48. The number of β-lactam (4-membered cyclic amide) rings is 1. The maximum Gasteiger partial charge on any atom is 0.370 e. The van der Waals surface area contributed by atoms with Gasteiger partial charge in [0.05, 0.1) is 18.3 Å². The lowest BCUT2D eigenvalue weighted by atomic mass is 9.84. The predicted octanol–water partition coefficient (Wildman–Crippen LogP) is -0.433. The fourth-order valence-electron chi connectivity index (χ4n) is 4.62. The molecule has 3 aliphatic heterocycles. The largest absolute Gasteiger partial charge is 0.478 e. The molecule has 0 spiro atoms. The quantitative estimate of drug-likeness (QED) is 0.160.